The van der Waals surface area contributed by atoms with Crippen molar-refractivity contribution in [3.05, 3.63) is 144 Å². The van der Waals surface area contributed by atoms with Gasteiger partial charge in [0.2, 0.25) is 0 Å². The quantitative estimate of drug-likeness (QED) is 0.0755. The Balaban J connectivity index is 0.000000218. The first-order valence-corrected chi connectivity index (χ1v) is 18.9. The number of carboxylic acid groups (broad SMARTS) is 4. The second-order valence-corrected chi connectivity index (χ2v) is 14.0. The van der Waals surface area contributed by atoms with Crippen molar-refractivity contribution in [2.75, 3.05) is 0 Å². The Morgan fingerprint density at radius 3 is 0.742 bits per heavy atom. The SMILES string of the molecule is N[C@@H](Cc1c[nH]c2ccccc12)C(=O)O.N[C@@H](Cc1c[nH]c2ccccc12)C(=O)O.N[C@@H](Cc1c[nH]c2ccccc12)C(=O)O.N[C@@H](Cc1c[nH]c2ccccc12)C(=O)O.[Cu].[Zn]. The smallest absolute Gasteiger partial charge is 0.320 e. The number of fused-ring (bicyclic) bond motifs is 4. The van der Waals surface area contributed by atoms with Crippen LogP contribution in [-0.4, -0.2) is 88.4 Å². The number of aliphatic carboxylic acids is 4. The van der Waals surface area contributed by atoms with E-state index in [0.29, 0.717) is 25.7 Å². The van der Waals surface area contributed by atoms with Gasteiger partial charge < -0.3 is 63.3 Å². The van der Waals surface area contributed by atoms with Crippen LogP contribution in [0.4, 0.5) is 0 Å². The number of H-pyrrole nitrogens is 4. The fraction of sp³-hybridized carbons (Fsp3) is 0.182. The van der Waals surface area contributed by atoms with E-state index in [1.165, 1.54) is 0 Å². The van der Waals surface area contributed by atoms with Crippen LogP contribution in [0, 0.1) is 0 Å². The molecule has 0 bridgehead atoms. The summed E-state index contributed by atoms with van der Waals surface area (Å²) in [6.07, 6.45) is 8.64. The maximum Gasteiger partial charge on any atom is 0.320 e. The van der Waals surface area contributed by atoms with Gasteiger partial charge in [-0.25, -0.2) is 0 Å². The number of rotatable bonds is 12. The Bertz CT molecular complexity index is 2340. The minimum Gasteiger partial charge on any atom is -0.480 e. The maximum absolute atomic E-state index is 10.6. The summed E-state index contributed by atoms with van der Waals surface area (Å²) in [6.45, 7) is 0. The van der Waals surface area contributed by atoms with Crippen LogP contribution in [-0.2, 0) is 81.4 Å². The summed E-state index contributed by atoms with van der Waals surface area (Å²) in [7, 11) is 0. The van der Waals surface area contributed by atoms with Crippen molar-refractivity contribution in [1.29, 1.82) is 0 Å². The van der Waals surface area contributed by atoms with E-state index < -0.39 is 48.0 Å². The average Bonchev–Trinajstić information content (AvgIpc) is 4.05. The van der Waals surface area contributed by atoms with Gasteiger partial charge in [0.05, 0.1) is 0 Å². The van der Waals surface area contributed by atoms with E-state index in [4.69, 9.17) is 43.4 Å². The number of hydrogen-bond donors (Lipinski definition) is 12. The van der Waals surface area contributed by atoms with E-state index in [2.05, 4.69) is 19.9 Å². The first kappa shape index (κ1) is 50.3. The number of benzene rings is 4. The number of aromatic nitrogens is 4. The molecule has 4 aromatic carbocycles. The van der Waals surface area contributed by atoms with Crippen molar-refractivity contribution >= 4 is 67.5 Å². The Kier molecular flexibility index (Phi) is 19.3. The van der Waals surface area contributed by atoms with Crippen LogP contribution >= 0.6 is 0 Å². The average molecular weight is 946 g/mol. The molecule has 8 aromatic rings. The molecule has 18 heteroatoms. The number of nitrogens with two attached hydrogens (primary N) is 4. The summed E-state index contributed by atoms with van der Waals surface area (Å²) in [6, 6.07) is 27.7. The summed E-state index contributed by atoms with van der Waals surface area (Å²) in [5.41, 5.74) is 29.7. The topological polar surface area (TPSA) is 316 Å². The molecule has 0 spiro atoms. The zero-order valence-electron chi connectivity index (χ0n) is 33.4. The van der Waals surface area contributed by atoms with E-state index >= 15 is 0 Å². The Labute approximate surface area is 378 Å². The monoisotopic (exact) mass is 943 g/mol. The molecule has 0 saturated heterocycles. The molecule has 8 rings (SSSR count). The largest absolute Gasteiger partial charge is 0.480 e. The molecule has 16 nitrogen and oxygen atoms in total. The first-order valence-electron chi connectivity index (χ1n) is 18.9. The number of carboxylic acids is 4. The van der Waals surface area contributed by atoms with E-state index in [0.717, 1.165) is 65.9 Å². The summed E-state index contributed by atoms with van der Waals surface area (Å²) >= 11 is 0. The molecule has 4 heterocycles. The van der Waals surface area contributed by atoms with E-state index in [-0.39, 0.29) is 36.5 Å². The van der Waals surface area contributed by atoms with Gasteiger partial charge in [-0.15, -0.1) is 0 Å². The molecule has 1 radical (unpaired) electrons. The fourth-order valence-electron chi connectivity index (χ4n) is 6.50. The van der Waals surface area contributed by atoms with Gasteiger partial charge in [0.25, 0.3) is 0 Å². The second-order valence-electron chi connectivity index (χ2n) is 14.0. The molecule has 0 saturated carbocycles. The fourth-order valence-corrected chi connectivity index (χ4v) is 6.50. The Hall–Kier alpha value is -6.10. The van der Waals surface area contributed by atoms with Crippen LogP contribution < -0.4 is 22.9 Å². The summed E-state index contributed by atoms with van der Waals surface area (Å²) in [5.74, 6) is -3.89. The summed E-state index contributed by atoms with van der Waals surface area (Å²) < 4.78 is 0. The molecule has 0 aliphatic carbocycles. The third-order valence-electron chi connectivity index (χ3n) is 9.73. The predicted octanol–water partition coefficient (Wildman–Crippen LogP) is 4.48. The summed E-state index contributed by atoms with van der Waals surface area (Å²) in [5, 5.41) is 39.0. The van der Waals surface area contributed by atoms with Crippen LogP contribution in [0.3, 0.4) is 0 Å². The van der Waals surface area contributed by atoms with Gasteiger partial charge in [0.15, 0.2) is 0 Å². The minimum absolute atomic E-state index is 0. The normalized spacial score (nSPS) is 12.5. The van der Waals surface area contributed by atoms with Crippen molar-refractivity contribution in [3.8, 4) is 0 Å². The zero-order valence-corrected chi connectivity index (χ0v) is 37.3. The molecule has 0 amide bonds. The maximum atomic E-state index is 10.6. The molecule has 0 fully saturated rings. The molecular weight excluding hydrogens is 897 g/mol. The van der Waals surface area contributed by atoms with Crippen LogP contribution in [0.5, 0.6) is 0 Å². The number of nitrogens with one attached hydrogen (secondary N) is 4. The van der Waals surface area contributed by atoms with Gasteiger partial charge in [-0.05, 0) is 46.5 Å². The Morgan fingerprint density at radius 1 is 0.387 bits per heavy atom. The van der Waals surface area contributed by atoms with Crippen LogP contribution in [0.1, 0.15) is 22.3 Å². The Morgan fingerprint density at radius 2 is 0.565 bits per heavy atom. The number of aromatic amines is 4. The number of carbonyl (C=O) groups is 4. The molecule has 62 heavy (non-hydrogen) atoms. The van der Waals surface area contributed by atoms with Crippen molar-refractivity contribution in [2.24, 2.45) is 22.9 Å². The summed E-state index contributed by atoms with van der Waals surface area (Å²) in [4.78, 5) is 54.8. The van der Waals surface area contributed by atoms with Crippen LogP contribution in [0.15, 0.2) is 122 Å². The molecular formula is C44H48CuN8O8Zn. The van der Waals surface area contributed by atoms with Crippen LogP contribution in [0.25, 0.3) is 43.6 Å². The molecule has 0 aliphatic heterocycles. The molecule has 0 unspecified atom stereocenters. The van der Waals surface area contributed by atoms with E-state index in [9.17, 15) is 19.2 Å². The van der Waals surface area contributed by atoms with Crippen molar-refractivity contribution in [3.63, 3.8) is 0 Å². The molecule has 4 aromatic heterocycles. The van der Waals surface area contributed by atoms with Crippen LogP contribution in [0.2, 0.25) is 0 Å². The van der Waals surface area contributed by atoms with E-state index in [1.54, 1.807) is 0 Å². The molecule has 4 atom stereocenters. The number of para-hydroxylation sites is 4. The molecule has 16 N–H and O–H groups in total. The third kappa shape index (κ3) is 13.5. The number of hydrogen-bond acceptors (Lipinski definition) is 8. The molecule has 325 valence electrons. The second kappa shape index (κ2) is 23.8. The van der Waals surface area contributed by atoms with Crippen molar-refractivity contribution < 1.29 is 76.2 Å². The first-order chi connectivity index (χ1) is 28.7. The van der Waals surface area contributed by atoms with Gasteiger partial charge >= 0.3 is 23.9 Å². The van der Waals surface area contributed by atoms with Gasteiger partial charge in [-0.3, -0.25) is 19.2 Å². The third-order valence-corrected chi connectivity index (χ3v) is 9.73. The van der Waals surface area contributed by atoms with Gasteiger partial charge in [0.1, 0.15) is 24.2 Å². The molecule has 0 aliphatic rings. The van der Waals surface area contributed by atoms with Gasteiger partial charge in [-0.1, -0.05) is 72.8 Å². The van der Waals surface area contributed by atoms with Crippen molar-refractivity contribution in [2.45, 2.75) is 49.9 Å². The van der Waals surface area contributed by atoms with E-state index in [1.807, 2.05) is 122 Å². The van der Waals surface area contributed by atoms with Gasteiger partial charge in [-0.2, -0.15) is 0 Å². The zero-order chi connectivity index (χ0) is 43.3. The predicted molar refractivity (Wildman–Crippen MR) is 230 cm³/mol. The standard InChI is InChI=1S/4C11H12N2O2.Cu.Zn/c4*12-9(11(14)15)5-7-6-13-10-4-2-1-3-8(7)10;;/h4*1-4,6,9,13H,5,12H2,(H,14,15);;/t4*9-;;/m0000../s1. The van der Waals surface area contributed by atoms with Gasteiger partial charge in [0, 0.05) is 131 Å². The minimum atomic E-state index is -0.972. The van der Waals surface area contributed by atoms with Crippen molar-refractivity contribution in [1.82, 2.24) is 19.9 Å².